The number of imide groups is 2. The van der Waals surface area contributed by atoms with Crippen molar-refractivity contribution < 1.29 is 29.1 Å². The van der Waals surface area contributed by atoms with Crippen LogP contribution < -0.4 is 16.0 Å². The van der Waals surface area contributed by atoms with Gasteiger partial charge in [0.1, 0.15) is 12.6 Å². The lowest BCUT2D eigenvalue weighted by atomic mass is 10.0. The van der Waals surface area contributed by atoms with Gasteiger partial charge in [-0.1, -0.05) is 6.07 Å². The number of hydrogen-bond acceptors (Lipinski definition) is 7. The summed E-state index contributed by atoms with van der Waals surface area (Å²) in [4.78, 5) is 61.0. The van der Waals surface area contributed by atoms with Crippen molar-refractivity contribution in [2.45, 2.75) is 31.7 Å². The summed E-state index contributed by atoms with van der Waals surface area (Å²) in [6, 6.07) is 3.88. The van der Waals surface area contributed by atoms with Crippen molar-refractivity contribution in [3.05, 3.63) is 29.3 Å². The van der Waals surface area contributed by atoms with Gasteiger partial charge in [-0.05, 0) is 31.4 Å². The molecule has 5 amide bonds. The van der Waals surface area contributed by atoms with Gasteiger partial charge in [-0.2, -0.15) is 0 Å². The number of piperidine rings is 1. The van der Waals surface area contributed by atoms with E-state index in [4.69, 9.17) is 5.11 Å². The van der Waals surface area contributed by atoms with Crippen molar-refractivity contribution in [2.75, 3.05) is 25.0 Å². The van der Waals surface area contributed by atoms with Crippen LogP contribution in [-0.4, -0.2) is 65.3 Å². The summed E-state index contributed by atoms with van der Waals surface area (Å²) in [5.74, 6) is -2.60. The Labute approximate surface area is 166 Å². The van der Waals surface area contributed by atoms with Crippen LogP contribution in [0.4, 0.5) is 5.69 Å². The SMILES string of the molecule is O=C(CO)NCCCCNc1cccc2c1C(=O)N(C1CCC(=O)NC1=O)C2=O. The first-order valence-electron chi connectivity index (χ1n) is 9.40. The fraction of sp³-hybridized carbons (Fsp3) is 0.421. The molecule has 1 unspecified atom stereocenters. The quantitative estimate of drug-likeness (QED) is 0.335. The van der Waals surface area contributed by atoms with Crippen molar-refractivity contribution in [1.29, 1.82) is 0 Å². The molecule has 1 fully saturated rings. The Morgan fingerprint density at radius 1 is 1.14 bits per heavy atom. The maximum atomic E-state index is 12.9. The topological polar surface area (TPSA) is 145 Å². The maximum Gasteiger partial charge on any atom is 0.264 e. The van der Waals surface area contributed by atoms with Gasteiger partial charge in [0.2, 0.25) is 17.7 Å². The molecule has 0 bridgehead atoms. The van der Waals surface area contributed by atoms with Crippen LogP contribution in [0.1, 0.15) is 46.4 Å². The molecule has 29 heavy (non-hydrogen) atoms. The predicted molar refractivity (Wildman–Crippen MR) is 101 cm³/mol. The van der Waals surface area contributed by atoms with Crippen LogP contribution in [0.3, 0.4) is 0 Å². The first-order chi connectivity index (χ1) is 13.9. The van der Waals surface area contributed by atoms with Crippen molar-refractivity contribution in [3.63, 3.8) is 0 Å². The van der Waals surface area contributed by atoms with E-state index in [1.165, 1.54) is 6.07 Å². The number of hydrogen-bond donors (Lipinski definition) is 4. The van der Waals surface area contributed by atoms with Gasteiger partial charge in [-0.25, -0.2) is 0 Å². The summed E-state index contributed by atoms with van der Waals surface area (Å²) in [5.41, 5.74) is 0.936. The van der Waals surface area contributed by atoms with Crippen molar-refractivity contribution in [2.24, 2.45) is 0 Å². The standard InChI is InChI=1S/C19H22N4O6/c24-10-15(26)21-9-2-1-8-20-12-5-3-4-11-16(12)19(29)23(18(11)28)13-6-7-14(25)22-17(13)27/h3-5,13,20,24H,1-2,6-10H2,(H,21,26)(H,22,25,27). The zero-order valence-electron chi connectivity index (χ0n) is 15.7. The normalized spacial score (nSPS) is 18.5. The Bertz CT molecular complexity index is 868. The summed E-state index contributed by atoms with van der Waals surface area (Å²) >= 11 is 0. The van der Waals surface area contributed by atoms with Crippen LogP contribution in [0, 0.1) is 0 Å². The smallest absolute Gasteiger partial charge is 0.264 e. The third-order valence-electron chi connectivity index (χ3n) is 4.85. The molecule has 0 aromatic heterocycles. The number of unbranched alkanes of at least 4 members (excludes halogenated alkanes) is 1. The van der Waals surface area contributed by atoms with Gasteiger partial charge < -0.3 is 15.7 Å². The highest BCUT2D eigenvalue weighted by molar-refractivity contribution is 6.25. The average Bonchev–Trinajstić information content (AvgIpc) is 2.96. The summed E-state index contributed by atoms with van der Waals surface area (Å²) in [5, 5.41) is 16.5. The molecule has 4 N–H and O–H groups in total. The highest BCUT2D eigenvalue weighted by atomic mass is 16.3. The van der Waals surface area contributed by atoms with E-state index in [-0.39, 0.29) is 24.0 Å². The van der Waals surface area contributed by atoms with Gasteiger partial charge in [-0.3, -0.25) is 34.2 Å². The summed E-state index contributed by atoms with van der Waals surface area (Å²) in [6.07, 6.45) is 1.54. The number of nitrogens with one attached hydrogen (secondary N) is 3. The van der Waals surface area contributed by atoms with Crippen LogP contribution in [0.15, 0.2) is 18.2 Å². The molecular weight excluding hydrogens is 380 g/mol. The minimum atomic E-state index is -0.997. The highest BCUT2D eigenvalue weighted by Crippen LogP contribution is 2.32. The van der Waals surface area contributed by atoms with Gasteiger partial charge in [0.05, 0.1) is 11.1 Å². The van der Waals surface area contributed by atoms with Crippen LogP contribution in [0.5, 0.6) is 0 Å². The van der Waals surface area contributed by atoms with E-state index in [1.807, 2.05) is 0 Å². The number of fused-ring (bicyclic) bond motifs is 1. The van der Waals surface area contributed by atoms with Crippen LogP contribution in [-0.2, 0) is 14.4 Å². The number of aliphatic hydroxyl groups is 1. The molecule has 1 saturated heterocycles. The van der Waals surface area contributed by atoms with E-state index in [9.17, 15) is 24.0 Å². The number of aliphatic hydroxyl groups excluding tert-OH is 1. The molecular formula is C19H22N4O6. The molecule has 2 aliphatic heterocycles. The maximum absolute atomic E-state index is 12.9. The van der Waals surface area contributed by atoms with Crippen molar-refractivity contribution in [1.82, 2.24) is 15.5 Å². The lowest BCUT2D eigenvalue weighted by Gasteiger charge is -2.27. The van der Waals surface area contributed by atoms with Crippen molar-refractivity contribution in [3.8, 4) is 0 Å². The summed E-state index contributed by atoms with van der Waals surface area (Å²) in [6.45, 7) is 0.383. The predicted octanol–water partition coefficient (Wildman–Crippen LogP) is -0.612. The Morgan fingerprint density at radius 3 is 2.62 bits per heavy atom. The van der Waals surface area contributed by atoms with Crippen LogP contribution >= 0.6 is 0 Å². The first kappa shape index (κ1) is 20.5. The van der Waals surface area contributed by atoms with Gasteiger partial charge in [0.25, 0.3) is 11.8 Å². The zero-order chi connectivity index (χ0) is 21.0. The van der Waals surface area contributed by atoms with E-state index in [1.54, 1.807) is 12.1 Å². The number of carbonyl (C=O) groups excluding carboxylic acids is 5. The van der Waals surface area contributed by atoms with Gasteiger partial charge >= 0.3 is 0 Å². The molecule has 0 saturated carbocycles. The largest absolute Gasteiger partial charge is 0.387 e. The molecule has 10 nitrogen and oxygen atoms in total. The van der Waals surface area contributed by atoms with Crippen molar-refractivity contribution >= 4 is 35.2 Å². The fourth-order valence-corrected chi connectivity index (χ4v) is 3.42. The molecule has 0 spiro atoms. The summed E-state index contributed by atoms with van der Waals surface area (Å²) in [7, 11) is 0. The van der Waals surface area contributed by atoms with E-state index >= 15 is 0 Å². The number of rotatable bonds is 8. The Morgan fingerprint density at radius 2 is 1.90 bits per heavy atom. The molecule has 1 aromatic rings. The molecule has 154 valence electrons. The minimum absolute atomic E-state index is 0.0712. The molecule has 10 heteroatoms. The Hall–Kier alpha value is -3.27. The third-order valence-corrected chi connectivity index (χ3v) is 4.85. The summed E-state index contributed by atoms with van der Waals surface area (Å²) < 4.78 is 0. The number of benzene rings is 1. The number of carbonyl (C=O) groups is 5. The second-order valence-electron chi connectivity index (χ2n) is 6.82. The lowest BCUT2D eigenvalue weighted by molar-refractivity contribution is -0.136. The average molecular weight is 402 g/mol. The molecule has 0 aliphatic carbocycles. The molecule has 2 heterocycles. The van der Waals surface area contributed by atoms with Crippen LogP contribution in [0.25, 0.3) is 0 Å². The number of nitrogens with zero attached hydrogens (tertiary/aromatic N) is 1. The van der Waals surface area contributed by atoms with Crippen LogP contribution in [0.2, 0.25) is 0 Å². The van der Waals surface area contributed by atoms with Gasteiger partial charge in [0, 0.05) is 25.2 Å². The van der Waals surface area contributed by atoms with Gasteiger partial charge in [-0.15, -0.1) is 0 Å². The van der Waals surface area contributed by atoms with E-state index in [0.29, 0.717) is 31.6 Å². The third kappa shape index (κ3) is 4.27. The Balaban J connectivity index is 1.65. The first-order valence-corrected chi connectivity index (χ1v) is 9.40. The monoisotopic (exact) mass is 402 g/mol. The minimum Gasteiger partial charge on any atom is -0.387 e. The van der Waals surface area contributed by atoms with Gasteiger partial charge in [0.15, 0.2) is 0 Å². The molecule has 1 aromatic carbocycles. The zero-order valence-corrected chi connectivity index (χ0v) is 15.7. The lowest BCUT2D eigenvalue weighted by Crippen LogP contribution is -2.54. The number of anilines is 1. The fourth-order valence-electron chi connectivity index (χ4n) is 3.42. The van der Waals surface area contributed by atoms with E-state index in [0.717, 1.165) is 4.90 Å². The highest BCUT2D eigenvalue weighted by Gasteiger charge is 2.45. The number of amides is 5. The van der Waals surface area contributed by atoms with E-state index < -0.39 is 42.2 Å². The molecule has 2 aliphatic rings. The molecule has 1 atom stereocenters. The molecule has 0 radical (unpaired) electrons. The molecule has 3 rings (SSSR count). The van der Waals surface area contributed by atoms with E-state index in [2.05, 4.69) is 16.0 Å². The second-order valence-corrected chi connectivity index (χ2v) is 6.82. The second kappa shape index (κ2) is 8.82. The Kier molecular flexibility index (Phi) is 6.23.